The molecule has 4 aromatic heterocycles. The van der Waals surface area contributed by atoms with E-state index < -0.39 is 0 Å². The molecule has 1 spiro atoms. The SMILES string of the molecule is [HH].c1cn2cc(-c3ccn4nc(NC5CC6(COC6)C5)ncc34)ccc2n1. The smallest absolute Gasteiger partial charge is 0.241 e. The van der Waals surface area contributed by atoms with Crippen molar-refractivity contribution < 1.29 is 6.16 Å². The van der Waals surface area contributed by atoms with Gasteiger partial charge >= 0.3 is 0 Å². The highest BCUT2D eigenvalue weighted by Gasteiger charge is 2.49. The molecule has 2 fully saturated rings. The quantitative estimate of drug-likeness (QED) is 0.616. The maximum atomic E-state index is 5.33. The van der Waals surface area contributed by atoms with E-state index >= 15 is 0 Å². The molecule has 0 radical (unpaired) electrons. The van der Waals surface area contributed by atoms with Gasteiger partial charge in [0.25, 0.3) is 0 Å². The lowest BCUT2D eigenvalue weighted by atomic mass is 9.64. The van der Waals surface area contributed by atoms with Crippen molar-refractivity contribution in [2.45, 2.75) is 18.9 Å². The maximum absolute atomic E-state index is 5.33. The van der Waals surface area contributed by atoms with Crippen LogP contribution >= 0.6 is 0 Å². The zero-order valence-electron chi connectivity index (χ0n) is 14.2. The van der Waals surface area contributed by atoms with Crippen LogP contribution in [0, 0.1) is 5.41 Å². The molecule has 26 heavy (non-hydrogen) atoms. The molecule has 7 nitrogen and oxygen atoms in total. The Hall–Kier alpha value is -2.93. The lowest BCUT2D eigenvalue weighted by Crippen LogP contribution is -2.56. The molecule has 1 N–H and O–H groups in total. The van der Waals surface area contributed by atoms with E-state index in [0.29, 0.717) is 17.4 Å². The minimum Gasteiger partial charge on any atom is -0.380 e. The summed E-state index contributed by atoms with van der Waals surface area (Å²) in [4.78, 5) is 8.83. The monoisotopic (exact) mass is 348 g/mol. The number of nitrogens with one attached hydrogen (secondary N) is 1. The minimum atomic E-state index is 0. The Morgan fingerprint density at radius 2 is 2.08 bits per heavy atom. The molecule has 2 aliphatic rings. The van der Waals surface area contributed by atoms with E-state index in [1.165, 1.54) is 0 Å². The fraction of sp³-hybridized carbons (Fsp3) is 0.316. The first kappa shape index (κ1) is 14.3. The van der Waals surface area contributed by atoms with Gasteiger partial charge in [0, 0.05) is 48.8 Å². The third kappa shape index (κ3) is 2.07. The Labute approximate surface area is 151 Å². The number of imidazole rings is 1. The van der Waals surface area contributed by atoms with E-state index in [4.69, 9.17) is 4.74 Å². The first-order valence-corrected chi connectivity index (χ1v) is 8.90. The van der Waals surface area contributed by atoms with Crippen LogP contribution < -0.4 is 5.32 Å². The van der Waals surface area contributed by atoms with Gasteiger partial charge in [0.15, 0.2) is 0 Å². The van der Waals surface area contributed by atoms with Crippen molar-refractivity contribution in [2.24, 2.45) is 5.41 Å². The Morgan fingerprint density at radius 3 is 2.92 bits per heavy atom. The van der Waals surface area contributed by atoms with Gasteiger partial charge in [-0.2, -0.15) is 0 Å². The number of hydrogen-bond donors (Lipinski definition) is 1. The normalized spacial score (nSPS) is 18.9. The maximum Gasteiger partial charge on any atom is 0.241 e. The molecule has 0 bridgehead atoms. The van der Waals surface area contributed by atoms with Gasteiger partial charge in [-0.3, -0.25) is 0 Å². The van der Waals surface area contributed by atoms with Gasteiger partial charge in [-0.15, -0.1) is 5.10 Å². The summed E-state index contributed by atoms with van der Waals surface area (Å²) in [5, 5.41) is 8.08. The van der Waals surface area contributed by atoms with Crippen molar-refractivity contribution in [3.05, 3.63) is 49.2 Å². The topological polar surface area (TPSA) is 68.8 Å². The second kappa shape index (κ2) is 5.04. The molecule has 1 aliphatic carbocycles. The second-order valence-electron chi connectivity index (χ2n) is 7.49. The number of fused-ring (bicyclic) bond motifs is 2. The fourth-order valence-corrected chi connectivity index (χ4v) is 4.19. The number of rotatable bonds is 3. The molecule has 5 heterocycles. The zero-order valence-corrected chi connectivity index (χ0v) is 14.2. The highest BCUT2D eigenvalue weighted by molar-refractivity contribution is 5.80. The Morgan fingerprint density at radius 1 is 1.15 bits per heavy atom. The van der Waals surface area contributed by atoms with Crippen LogP contribution in [-0.2, 0) is 4.74 Å². The highest BCUT2D eigenvalue weighted by atomic mass is 16.5. The molecule has 1 aliphatic heterocycles. The third-order valence-corrected chi connectivity index (χ3v) is 5.63. The number of anilines is 1. The van der Waals surface area contributed by atoms with Crippen LogP contribution in [0.25, 0.3) is 22.3 Å². The predicted octanol–water partition coefficient (Wildman–Crippen LogP) is 2.88. The molecule has 0 atom stereocenters. The van der Waals surface area contributed by atoms with Gasteiger partial charge < -0.3 is 14.5 Å². The van der Waals surface area contributed by atoms with Crippen LogP contribution in [0.1, 0.15) is 14.3 Å². The van der Waals surface area contributed by atoms with Gasteiger partial charge in [0.05, 0.1) is 24.9 Å². The molecule has 1 saturated heterocycles. The lowest BCUT2D eigenvalue weighted by molar-refractivity contribution is -0.160. The largest absolute Gasteiger partial charge is 0.380 e. The Balaban J connectivity index is 0.00000160. The molecular weight excluding hydrogens is 328 g/mol. The number of pyridine rings is 1. The summed E-state index contributed by atoms with van der Waals surface area (Å²) in [5.41, 5.74) is 4.60. The van der Waals surface area contributed by atoms with Gasteiger partial charge in [-0.25, -0.2) is 14.5 Å². The van der Waals surface area contributed by atoms with E-state index in [2.05, 4.69) is 38.7 Å². The summed E-state index contributed by atoms with van der Waals surface area (Å²) in [6, 6.07) is 6.63. The van der Waals surface area contributed by atoms with Crippen molar-refractivity contribution >= 4 is 17.1 Å². The molecule has 132 valence electrons. The van der Waals surface area contributed by atoms with Crippen molar-refractivity contribution in [1.29, 1.82) is 0 Å². The molecule has 7 heteroatoms. The Bertz CT molecular complexity index is 1120. The Kier molecular flexibility index (Phi) is 2.77. The fourth-order valence-electron chi connectivity index (χ4n) is 4.19. The molecular formula is C19H20N6O. The van der Waals surface area contributed by atoms with Crippen LogP contribution in [0.3, 0.4) is 0 Å². The lowest BCUT2D eigenvalue weighted by Gasteiger charge is -2.53. The molecule has 4 aromatic rings. The summed E-state index contributed by atoms with van der Waals surface area (Å²) in [6.07, 6.45) is 12.0. The molecule has 1 saturated carbocycles. The first-order valence-electron chi connectivity index (χ1n) is 8.90. The molecule has 6 rings (SSSR count). The van der Waals surface area contributed by atoms with Crippen LogP contribution in [-0.4, -0.2) is 43.2 Å². The van der Waals surface area contributed by atoms with E-state index in [0.717, 1.165) is 48.3 Å². The standard InChI is InChI=1S/C19H18N6O.H2/c1-2-17-20-4-6-24(17)10-13(1)15-3-5-25-16(15)9-21-18(23-25)22-14-7-19(8-14)11-26-12-19;/h1-6,9-10,14H,7-8,11-12H2,(H,22,23);1H. The van der Waals surface area contributed by atoms with E-state index in [1.54, 1.807) is 6.20 Å². The summed E-state index contributed by atoms with van der Waals surface area (Å²) < 4.78 is 9.25. The molecule has 0 unspecified atom stereocenters. The van der Waals surface area contributed by atoms with E-state index in [9.17, 15) is 0 Å². The van der Waals surface area contributed by atoms with Crippen molar-refractivity contribution in [3.8, 4) is 11.1 Å². The molecule has 0 aromatic carbocycles. The van der Waals surface area contributed by atoms with Crippen LogP contribution in [0.15, 0.2) is 49.2 Å². The zero-order chi connectivity index (χ0) is 17.1. The van der Waals surface area contributed by atoms with Crippen LogP contribution in [0.2, 0.25) is 0 Å². The van der Waals surface area contributed by atoms with Crippen molar-refractivity contribution in [3.63, 3.8) is 0 Å². The number of hydrogen-bond acceptors (Lipinski definition) is 5. The van der Waals surface area contributed by atoms with Gasteiger partial charge in [0.1, 0.15) is 5.65 Å². The highest BCUT2D eigenvalue weighted by Crippen LogP contribution is 2.47. The number of ether oxygens (including phenoxy) is 1. The molecule has 0 amide bonds. The summed E-state index contributed by atoms with van der Waals surface area (Å²) in [7, 11) is 0. The average molecular weight is 348 g/mol. The first-order chi connectivity index (χ1) is 12.8. The van der Waals surface area contributed by atoms with Gasteiger partial charge in [-0.05, 0) is 31.0 Å². The third-order valence-electron chi connectivity index (χ3n) is 5.63. The number of aromatic nitrogens is 5. The summed E-state index contributed by atoms with van der Waals surface area (Å²) >= 11 is 0. The minimum absolute atomic E-state index is 0. The summed E-state index contributed by atoms with van der Waals surface area (Å²) in [6.45, 7) is 1.82. The van der Waals surface area contributed by atoms with Crippen molar-refractivity contribution in [2.75, 3.05) is 18.5 Å². The van der Waals surface area contributed by atoms with Crippen LogP contribution in [0.5, 0.6) is 0 Å². The second-order valence-corrected chi connectivity index (χ2v) is 7.49. The van der Waals surface area contributed by atoms with E-state index in [-0.39, 0.29) is 1.43 Å². The van der Waals surface area contributed by atoms with Crippen molar-refractivity contribution in [1.82, 2.24) is 24.0 Å². The average Bonchev–Trinajstić information content (AvgIpc) is 3.21. The number of nitrogens with zero attached hydrogens (tertiary/aromatic N) is 5. The van der Waals surface area contributed by atoms with E-state index in [1.807, 2.05) is 33.6 Å². The van der Waals surface area contributed by atoms with Crippen LogP contribution in [0.4, 0.5) is 5.95 Å². The summed E-state index contributed by atoms with van der Waals surface area (Å²) in [5.74, 6) is 0.685. The predicted molar refractivity (Wildman–Crippen MR) is 99.2 cm³/mol. The van der Waals surface area contributed by atoms with Gasteiger partial charge in [0.2, 0.25) is 5.95 Å². The van der Waals surface area contributed by atoms with Gasteiger partial charge in [-0.1, -0.05) is 0 Å².